The number of aliphatic hydroxyl groups is 1. The van der Waals surface area contributed by atoms with E-state index in [0.717, 1.165) is 48.2 Å². The molecule has 1 saturated carbocycles. The Hall–Kier alpha value is -2.14. The highest BCUT2D eigenvalue weighted by atomic mass is 16.3. The summed E-state index contributed by atoms with van der Waals surface area (Å²) in [4.78, 5) is 9.17. The number of hydrogen-bond acceptors (Lipinski definition) is 4. The molecule has 0 unspecified atom stereocenters. The molecule has 2 heterocycles. The van der Waals surface area contributed by atoms with Crippen LogP contribution >= 0.6 is 0 Å². The van der Waals surface area contributed by atoms with Crippen molar-refractivity contribution in [2.75, 3.05) is 5.32 Å². The monoisotopic (exact) mass is 282 g/mol. The van der Waals surface area contributed by atoms with Crippen LogP contribution in [0, 0.1) is 0 Å². The molecule has 0 radical (unpaired) electrons. The Kier molecular flexibility index (Phi) is 3.00. The van der Waals surface area contributed by atoms with Gasteiger partial charge in [0.1, 0.15) is 0 Å². The number of benzene rings is 1. The van der Waals surface area contributed by atoms with Gasteiger partial charge in [-0.3, -0.25) is 4.40 Å². The van der Waals surface area contributed by atoms with Gasteiger partial charge in [0.2, 0.25) is 0 Å². The van der Waals surface area contributed by atoms with Gasteiger partial charge < -0.3 is 10.4 Å². The van der Waals surface area contributed by atoms with E-state index in [9.17, 15) is 5.11 Å². The van der Waals surface area contributed by atoms with Crippen LogP contribution in [0.5, 0.6) is 0 Å². The molecule has 3 aromatic rings. The third-order valence-electron chi connectivity index (χ3n) is 4.26. The molecular weight excluding hydrogens is 264 g/mol. The van der Waals surface area contributed by atoms with Crippen LogP contribution in [0.4, 0.5) is 5.82 Å². The molecule has 1 aliphatic rings. The van der Waals surface area contributed by atoms with Crippen LogP contribution in [-0.4, -0.2) is 31.6 Å². The second-order valence-electron chi connectivity index (χ2n) is 5.72. The second kappa shape index (κ2) is 5.00. The van der Waals surface area contributed by atoms with Gasteiger partial charge in [-0.15, -0.1) is 0 Å². The molecule has 1 aliphatic carbocycles. The normalized spacial score (nSPS) is 22.7. The minimum Gasteiger partial charge on any atom is -0.393 e. The molecule has 108 valence electrons. The van der Waals surface area contributed by atoms with Gasteiger partial charge in [-0.1, -0.05) is 12.1 Å². The topological polar surface area (TPSA) is 62.5 Å². The van der Waals surface area contributed by atoms with Crippen molar-refractivity contribution in [1.29, 1.82) is 0 Å². The van der Waals surface area contributed by atoms with Crippen LogP contribution < -0.4 is 5.32 Å². The third-order valence-corrected chi connectivity index (χ3v) is 4.26. The molecule has 2 N–H and O–H groups in total. The highest BCUT2D eigenvalue weighted by Crippen LogP contribution is 2.25. The average molecular weight is 282 g/mol. The number of nitrogens with one attached hydrogen (secondary N) is 1. The average Bonchev–Trinajstić information content (AvgIpc) is 3.00. The number of imidazole rings is 1. The molecule has 0 atom stereocenters. The standard InChI is InChI=1S/C16H18N4O/c21-12-7-5-11(6-8-12)18-15-16-17-9-10-20(16)14-4-2-1-3-13(14)19-15/h1-4,9-12,21H,5-8H2,(H,18,19). The van der Waals surface area contributed by atoms with Crippen LogP contribution in [0.1, 0.15) is 25.7 Å². The maximum atomic E-state index is 9.61. The number of nitrogens with zero attached hydrogens (tertiary/aromatic N) is 3. The molecule has 1 fully saturated rings. The number of aromatic nitrogens is 3. The Morgan fingerprint density at radius 1 is 1.14 bits per heavy atom. The Balaban J connectivity index is 1.74. The van der Waals surface area contributed by atoms with Gasteiger partial charge in [0, 0.05) is 18.4 Å². The van der Waals surface area contributed by atoms with Crippen LogP contribution in [0.2, 0.25) is 0 Å². The van der Waals surface area contributed by atoms with Crippen LogP contribution in [0.3, 0.4) is 0 Å². The smallest absolute Gasteiger partial charge is 0.180 e. The molecular formula is C16H18N4O. The highest BCUT2D eigenvalue weighted by molar-refractivity contribution is 5.82. The predicted octanol–water partition coefficient (Wildman–Crippen LogP) is 2.60. The lowest BCUT2D eigenvalue weighted by atomic mass is 9.93. The first-order valence-corrected chi connectivity index (χ1v) is 7.47. The molecule has 0 aliphatic heterocycles. The van der Waals surface area contributed by atoms with Gasteiger partial charge in [-0.2, -0.15) is 0 Å². The lowest BCUT2D eigenvalue weighted by Crippen LogP contribution is -2.28. The summed E-state index contributed by atoms with van der Waals surface area (Å²) in [5.41, 5.74) is 2.88. The van der Waals surface area contributed by atoms with Crippen molar-refractivity contribution in [2.24, 2.45) is 0 Å². The summed E-state index contributed by atoms with van der Waals surface area (Å²) in [6.45, 7) is 0. The Labute approximate surface area is 122 Å². The minimum atomic E-state index is -0.140. The largest absolute Gasteiger partial charge is 0.393 e. The summed E-state index contributed by atoms with van der Waals surface area (Å²) >= 11 is 0. The van der Waals surface area contributed by atoms with Crippen LogP contribution in [0.25, 0.3) is 16.7 Å². The first-order chi connectivity index (χ1) is 10.3. The molecule has 5 heteroatoms. The number of aliphatic hydroxyl groups excluding tert-OH is 1. The fraction of sp³-hybridized carbons (Fsp3) is 0.375. The van der Waals surface area contributed by atoms with E-state index >= 15 is 0 Å². The van der Waals surface area contributed by atoms with E-state index < -0.39 is 0 Å². The zero-order valence-corrected chi connectivity index (χ0v) is 11.7. The van der Waals surface area contributed by atoms with E-state index in [1.165, 1.54) is 0 Å². The van der Waals surface area contributed by atoms with Crippen molar-refractivity contribution in [3.8, 4) is 0 Å². The number of hydrogen-bond donors (Lipinski definition) is 2. The molecule has 0 saturated heterocycles. The van der Waals surface area contributed by atoms with E-state index in [-0.39, 0.29) is 6.10 Å². The zero-order valence-electron chi connectivity index (χ0n) is 11.7. The fourth-order valence-electron chi connectivity index (χ4n) is 3.12. The van der Waals surface area contributed by atoms with Gasteiger partial charge in [0.25, 0.3) is 0 Å². The van der Waals surface area contributed by atoms with Gasteiger partial charge in [-0.25, -0.2) is 9.97 Å². The number of fused-ring (bicyclic) bond motifs is 3. The summed E-state index contributed by atoms with van der Waals surface area (Å²) in [7, 11) is 0. The molecule has 0 spiro atoms. The first kappa shape index (κ1) is 12.6. The summed E-state index contributed by atoms with van der Waals surface area (Å²) in [5, 5.41) is 13.1. The maximum absolute atomic E-state index is 9.61. The lowest BCUT2D eigenvalue weighted by molar-refractivity contribution is 0.126. The van der Waals surface area contributed by atoms with Crippen molar-refractivity contribution in [3.05, 3.63) is 36.7 Å². The minimum absolute atomic E-state index is 0.140. The molecule has 5 nitrogen and oxygen atoms in total. The summed E-state index contributed by atoms with van der Waals surface area (Å²) in [5.74, 6) is 0.833. The maximum Gasteiger partial charge on any atom is 0.180 e. The van der Waals surface area contributed by atoms with E-state index in [2.05, 4.69) is 20.8 Å². The molecule has 21 heavy (non-hydrogen) atoms. The third kappa shape index (κ3) is 2.23. The summed E-state index contributed by atoms with van der Waals surface area (Å²) in [6.07, 6.45) is 7.30. The van der Waals surface area contributed by atoms with Crippen molar-refractivity contribution in [3.63, 3.8) is 0 Å². The SMILES string of the molecule is OC1CCC(Nc2nc3ccccc3n3ccnc23)CC1. The van der Waals surface area contributed by atoms with Gasteiger partial charge in [0.05, 0.1) is 17.1 Å². The summed E-state index contributed by atoms with van der Waals surface area (Å²) in [6, 6.07) is 8.45. The predicted molar refractivity (Wildman–Crippen MR) is 82.4 cm³/mol. The Morgan fingerprint density at radius 3 is 2.81 bits per heavy atom. The fourth-order valence-corrected chi connectivity index (χ4v) is 3.12. The quantitative estimate of drug-likeness (QED) is 0.758. The Morgan fingerprint density at radius 2 is 1.95 bits per heavy atom. The Bertz CT molecular complexity index is 774. The molecule has 0 bridgehead atoms. The highest BCUT2D eigenvalue weighted by Gasteiger charge is 2.20. The van der Waals surface area contributed by atoms with E-state index in [1.807, 2.05) is 24.4 Å². The second-order valence-corrected chi connectivity index (χ2v) is 5.72. The molecule has 4 rings (SSSR count). The van der Waals surface area contributed by atoms with E-state index in [1.54, 1.807) is 6.20 Å². The van der Waals surface area contributed by atoms with Crippen molar-refractivity contribution in [1.82, 2.24) is 14.4 Å². The molecule has 0 amide bonds. The van der Waals surface area contributed by atoms with Crippen molar-refractivity contribution in [2.45, 2.75) is 37.8 Å². The zero-order chi connectivity index (χ0) is 14.2. The van der Waals surface area contributed by atoms with Crippen LogP contribution in [-0.2, 0) is 0 Å². The molecule has 1 aromatic carbocycles. The van der Waals surface area contributed by atoms with Crippen molar-refractivity contribution < 1.29 is 5.11 Å². The summed E-state index contributed by atoms with van der Waals surface area (Å²) < 4.78 is 2.07. The van der Waals surface area contributed by atoms with E-state index in [4.69, 9.17) is 4.98 Å². The number of anilines is 1. The van der Waals surface area contributed by atoms with Crippen molar-refractivity contribution >= 4 is 22.5 Å². The van der Waals surface area contributed by atoms with Crippen LogP contribution in [0.15, 0.2) is 36.7 Å². The van der Waals surface area contributed by atoms with Gasteiger partial charge in [0.15, 0.2) is 11.5 Å². The van der Waals surface area contributed by atoms with Gasteiger partial charge >= 0.3 is 0 Å². The first-order valence-electron chi connectivity index (χ1n) is 7.47. The lowest BCUT2D eigenvalue weighted by Gasteiger charge is -2.26. The van der Waals surface area contributed by atoms with Gasteiger partial charge in [-0.05, 0) is 37.8 Å². The number of rotatable bonds is 2. The van der Waals surface area contributed by atoms with E-state index in [0.29, 0.717) is 6.04 Å². The molecule has 2 aromatic heterocycles. The number of para-hydroxylation sites is 2.